The molecule has 2 saturated carbocycles. The lowest BCUT2D eigenvalue weighted by Crippen LogP contribution is -2.34. The number of carboxylic acid groups (broad SMARTS) is 1. The number of aromatic nitrogens is 1. The second-order valence-electron chi connectivity index (χ2n) is 9.94. The van der Waals surface area contributed by atoms with Crippen LogP contribution in [-0.4, -0.2) is 34.0 Å². The van der Waals surface area contributed by atoms with Crippen molar-refractivity contribution in [1.29, 1.82) is 0 Å². The highest BCUT2D eigenvalue weighted by Crippen LogP contribution is 2.42. The highest BCUT2D eigenvalue weighted by atomic mass is 32.1. The van der Waals surface area contributed by atoms with E-state index >= 15 is 0 Å². The molecule has 172 valence electrons. The van der Waals surface area contributed by atoms with Crippen molar-refractivity contribution in [2.45, 2.75) is 58.4 Å². The summed E-state index contributed by atoms with van der Waals surface area (Å²) >= 11 is 1.35. The number of nitrogens with zero attached hydrogens (tertiary/aromatic N) is 2. The van der Waals surface area contributed by atoms with Crippen LogP contribution in [0.5, 0.6) is 0 Å². The smallest absolute Gasteiger partial charge is 0.346 e. The molecule has 2 aromatic heterocycles. The quantitative estimate of drug-likeness (QED) is 0.549. The molecule has 2 fully saturated rings. The van der Waals surface area contributed by atoms with Crippen molar-refractivity contribution >= 4 is 22.9 Å². The van der Waals surface area contributed by atoms with Crippen LogP contribution in [0.25, 0.3) is 5.57 Å². The van der Waals surface area contributed by atoms with Crippen molar-refractivity contribution in [3.05, 3.63) is 57.0 Å². The second kappa shape index (κ2) is 9.83. The number of hydrogen-bond acceptors (Lipinski definition) is 4. The fourth-order valence-corrected chi connectivity index (χ4v) is 6.12. The Hall–Kier alpha value is -2.42. The molecule has 0 unspecified atom stereocenters. The zero-order valence-corrected chi connectivity index (χ0v) is 20.2. The van der Waals surface area contributed by atoms with E-state index in [4.69, 9.17) is 0 Å². The first kappa shape index (κ1) is 22.4. The van der Waals surface area contributed by atoms with E-state index in [0.717, 1.165) is 48.1 Å². The minimum atomic E-state index is -0.825. The van der Waals surface area contributed by atoms with Crippen molar-refractivity contribution in [3.8, 4) is 11.8 Å². The van der Waals surface area contributed by atoms with Crippen molar-refractivity contribution in [2.24, 2.45) is 17.8 Å². The summed E-state index contributed by atoms with van der Waals surface area (Å²) in [5.74, 6) is 7.60. The van der Waals surface area contributed by atoms with Crippen LogP contribution in [0.2, 0.25) is 0 Å². The van der Waals surface area contributed by atoms with Gasteiger partial charge in [0.25, 0.3) is 0 Å². The molecule has 0 bridgehead atoms. The second-order valence-corrected chi connectivity index (χ2v) is 11.0. The van der Waals surface area contributed by atoms with E-state index in [1.807, 2.05) is 18.3 Å². The van der Waals surface area contributed by atoms with E-state index in [-0.39, 0.29) is 0 Å². The summed E-state index contributed by atoms with van der Waals surface area (Å²) in [4.78, 5) is 20.6. The van der Waals surface area contributed by atoms with Crippen LogP contribution in [0.3, 0.4) is 0 Å². The van der Waals surface area contributed by atoms with E-state index < -0.39 is 5.97 Å². The van der Waals surface area contributed by atoms with Gasteiger partial charge in [-0.15, -0.1) is 11.3 Å². The van der Waals surface area contributed by atoms with Gasteiger partial charge in [0, 0.05) is 37.3 Å². The minimum absolute atomic E-state index is 0.463. The Balaban J connectivity index is 1.49. The molecule has 3 heterocycles. The summed E-state index contributed by atoms with van der Waals surface area (Å²) in [6.07, 6.45) is 10.0. The van der Waals surface area contributed by atoms with Gasteiger partial charge in [0.05, 0.1) is 10.6 Å². The van der Waals surface area contributed by atoms with Crippen molar-refractivity contribution < 1.29 is 9.90 Å². The molecule has 0 saturated heterocycles. The molecule has 3 aliphatic rings. The van der Waals surface area contributed by atoms with Gasteiger partial charge >= 0.3 is 5.97 Å². The van der Waals surface area contributed by atoms with Gasteiger partial charge in [-0.1, -0.05) is 37.7 Å². The predicted octanol–water partition coefficient (Wildman–Crippen LogP) is 6.09. The maximum absolute atomic E-state index is 12.2. The van der Waals surface area contributed by atoms with Crippen LogP contribution in [0.15, 0.2) is 36.0 Å². The van der Waals surface area contributed by atoms with Crippen molar-refractivity contribution in [1.82, 2.24) is 9.88 Å². The molecule has 5 heteroatoms. The number of carboxylic acids is 1. The van der Waals surface area contributed by atoms with Crippen LogP contribution in [0.1, 0.15) is 77.7 Å². The number of pyridine rings is 1. The molecule has 0 atom stereocenters. The number of aromatic carboxylic acids is 1. The monoisotopic (exact) mass is 460 g/mol. The largest absolute Gasteiger partial charge is 0.477 e. The highest BCUT2D eigenvalue weighted by molar-refractivity contribution is 7.14. The molecule has 33 heavy (non-hydrogen) atoms. The molecule has 0 aromatic carbocycles. The summed E-state index contributed by atoms with van der Waals surface area (Å²) < 4.78 is 0. The van der Waals surface area contributed by atoms with Crippen LogP contribution in [0, 0.1) is 29.6 Å². The molecular formula is C28H32N2O2S. The Morgan fingerprint density at radius 2 is 2.03 bits per heavy atom. The van der Waals surface area contributed by atoms with Gasteiger partial charge in [-0.05, 0) is 73.3 Å². The van der Waals surface area contributed by atoms with E-state index in [0.29, 0.717) is 16.7 Å². The zero-order chi connectivity index (χ0) is 22.8. The maximum atomic E-state index is 12.2. The molecular weight excluding hydrogens is 428 g/mol. The molecule has 5 rings (SSSR count). The fourth-order valence-electron chi connectivity index (χ4n) is 5.23. The SMILES string of the molecule is CC1CCC(C2=C(c3cc(C#CC4CC4)sc3C(=O)O)CCN(Cc3ccccn3)C2)CC1. The fraction of sp³-hybridized carbons (Fsp3) is 0.500. The van der Waals surface area contributed by atoms with Crippen LogP contribution < -0.4 is 0 Å². The average molecular weight is 461 g/mol. The lowest BCUT2D eigenvalue weighted by Gasteiger charge is -2.37. The van der Waals surface area contributed by atoms with Crippen LogP contribution in [0.4, 0.5) is 0 Å². The first-order valence-corrected chi connectivity index (χ1v) is 13.1. The average Bonchev–Trinajstić information content (AvgIpc) is 3.56. The Morgan fingerprint density at radius 3 is 2.73 bits per heavy atom. The summed E-state index contributed by atoms with van der Waals surface area (Å²) in [6.45, 7) is 5.03. The normalized spacial score (nSPS) is 23.8. The lowest BCUT2D eigenvalue weighted by atomic mass is 9.75. The first-order chi connectivity index (χ1) is 16.1. The lowest BCUT2D eigenvalue weighted by molar-refractivity contribution is 0.0702. The molecule has 1 N–H and O–H groups in total. The number of hydrogen-bond donors (Lipinski definition) is 1. The van der Waals surface area contributed by atoms with Crippen LogP contribution >= 0.6 is 11.3 Å². The van der Waals surface area contributed by atoms with Crippen molar-refractivity contribution in [3.63, 3.8) is 0 Å². The number of thiophene rings is 1. The van der Waals surface area contributed by atoms with E-state index in [9.17, 15) is 9.90 Å². The molecule has 1 aliphatic heterocycles. The third-order valence-electron chi connectivity index (χ3n) is 7.31. The molecule has 2 aliphatic carbocycles. The van der Waals surface area contributed by atoms with E-state index in [1.165, 1.54) is 61.0 Å². The predicted molar refractivity (Wildman–Crippen MR) is 133 cm³/mol. The van der Waals surface area contributed by atoms with Gasteiger partial charge in [0.15, 0.2) is 0 Å². The van der Waals surface area contributed by atoms with Gasteiger partial charge in [-0.2, -0.15) is 0 Å². The van der Waals surface area contributed by atoms with Crippen LogP contribution in [-0.2, 0) is 6.54 Å². The zero-order valence-electron chi connectivity index (χ0n) is 19.3. The Labute approximate surface area is 200 Å². The Bertz CT molecular complexity index is 1100. The summed E-state index contributed by atoms with van der Waals surface area (Å²) in [5.41, 5.74) is 4.77. The van der Waals surface area contributed by atoms with Gasteiger partial charge in [0.1, 0.15) is 4.88 Å². The van der Waals surface area contributed by atoms with Gasteiger partial charge in [0.2, 0.25) is 0 Å². The molecule has 0 radical (unpaired) electrons. The Kier molecular flexibility index (Phi) is 6.66. The molecule has 0 spiro atoms. The molecule has 0 amide bonds. The highest BCUT2D eigenvalue weighted by Gasteiger charge is 2.31. The third-order valence-corrected chi connectivity index (χ3v) is 8.35. The van der Waals surface area contributed by atoms with Gasteiger partial charge in [-0.3, -0.25) is 9.88 Å². The molecule has 4 nitrogen and oxygen atoms in total. The summed E-state index contributed by atoms with van der Waals surface area (Å²) in [7, 11) is 0. The van der Waals surface area contributed by atoms with Crippen molar-refractivity contribution in [2.75, 3.05) is 13.1 Å². The Morgan fingerprint density at radius 1 is 1.21 bits per heavy atom. The third kappa shape index (κ3) is 5.39. The molecule has 2 aromatic rings. The van der Waals surface area contributed by atoms with E-state index in [2.05, 4.69) is 40.8 Å². The summed E-state index contributed by atoms with van der Waals surface area (Å²) in [5, 5.41) is 10.00. The number of rotatable bonds is 5. The minimum Gasteiger partial charge on any atom is -0.477 e. The standard InChI is InChI=1S/C28H32N2O2S/c1-19-5-10-21(11-6-19)26-18-30(17-22-4-2-3-14-29-22)15-13-24(26)25-16-23(12-9-20-7-8-20)33-27(25)28(31)32/h2-4,14,16,19-21H,5-8,10-11,13,15,17-18H2,1H3,(H,31,32). The maximum Gasteiger partial charge on any atom is 0.346 e. The number of carbonyl (C=O) groups is 1. The topological polar surface area (TPSA) is 53.4 Å². The first-order valence-electron chi connectivity index (χ1n) is 12.3. The van der Waals surface area contributed by atoms with Gasteiger partial charge in [-0.25, -0.2) is 4.79 Å². The summed E-state index contributed by atoms with van der Waals surface area (Å²) in [6, 6.07) is 8.16. The van der Waals surface area contributed by atoms with E-state index in [1.54, 1.807) is 0 Å². The van der Waals surface area contributed by atoms with Gasteiger partial charge < -0.3 is 5.11 Å².